The molecular formula is C28H24F4N4O5. The number of alkyl halides is 3. The average Bonchev–Trinajstić information content (AvgIpc) is 3.60. The van der Waals surface area contributed by atoms with Gasteiger partial charge in [-0.1, -0.05) is 5.16 Å². The topological polar surface area (TPSA) is 133 Å². The van der Waals surface area contributed by atoms with Crippen molar-refractivity contribution in [3.05, 3.63) is 71.4 Å². The first kappa shape index (κ1) is 27.0. The number of aromatic nitrogens is 2. The Kier molecular flexibility index (Phi) is 6.19. The maximum absolute atomic E-state index is 14.2. The standard InChI is InChI=1S/C28H24F4N4O5/c1-39-20-9-15(8-16-11-41-36-22(16)20)25(37)34-12-26(38,17-4-5-17)21-10-19-24(40-13-27(19,33)28(30,31)32)23(35-21)14-2-6-18(29)7-3-14/h2-3,6-11,17,38H,4-5,12-13,33H2,1H3,(H,34,37)/t26?,27-/m0/s1. The summed E-state index contributed by atoms with van der Waals surface area (Å²) in [5.74, 6) is -1.42. The second-order valence-corrected chi connectivity index (χ2v) is 10.3. The fourth-order valence-corrected chi connectivity index (χ4v) is 5.10. The van der Waals surface area contributed by atoms with Gasteiger partial charge in [-0.2, -0.15) is 13.2 Å². The lowest BCUT2D eigenvalue weighted by Crippen LogP contribution is -2.52. The number of nitrogens with one attached hydrogen (secondary N) is 1. The summed E-state index contributed by atoms with van der Waals surface area (Å²) in [5, 5.41) is 19.0. The molecule has 0 radical (unpaired) electrons. The Morgan fingerprint density at radius 2 is 1.95 bits per heavy atom. The van der Waals surface area contributed by atoms with Crippen molar-refractivity contribution in [2.45, 2.75) is 30.2 Å². The van der Waals surface area contributed by atoms with Crippen molar-refractivity contribution in [1.82, 2.24) is 15.5 Å². The Bertz CT molecular complexity index is 1650. The lowest BCUT2D eigenvalue weighted by Gasteiger charge is -2.31. The third kappa shape index (κ3) is 4.45. The van der Waals surface area contributed by atoms with Crippen molar-refractivity contribution in [2.24, 2.45) is 11.7 Å². The summed E-state index contributed by atoms with van der Waals surface area (Å²) in [6.07, 6.45) is -2.42. The highest BCUT2D eigenvalue weighted by molar-refractivity contribution is 5.99. The SMILES string of the molecule is COc1cc(C(=O)NCC(O)(c2cc3c(c(-c4ccc(F)cc4)n2)OC[C@@]3(N)C(F)(F)F)C2CC2)cc2conc12. The molecule has 41 heavy (non-hydrogen) atoms. The van der Waals surface area contributed by atoms with Crippen LogP contribution < -0.4 is 20.5 Å². The van der Waals surface area contributed by atoms with Gasteiger partial charge >= 0.3 is 6.18 Å². The highest BCUT2D eigenvalue weighted by atomic mass is 19.4. The number of rotatable bonds is 7. The maximum atomic E-state index is 14.2. The highest BCUT2D eigenvalue weighted by Gasteiger charge is 2.59. The molecule has 0 saturated heterocycles. The van der Waals surface area contributed by atoms with Crippen LogP contribution >= 0.6 is 0 Å². The molecule has 1 amide bonds. The summed E-state index contributed by atoms with van der Waals surface area (Å²) < 4.78 is 71.9. The first-order chi connectivity index (χ1) is 19.4. The van der Waals surface area contributed by atoms with Crippen molar-refractivity contribution in [3.8, 4) is 22.8 Å². The van der Waals surface area contributed by atoms with Crippen LogP contribution in [0.2, 0.25) is 0 Å². The number of amides is 1. The molecule has 2 atom stereocenters. The van der Waals surface area contributed by atoms with Crippen LogP contribution in [-0.2, 0) is 11.1 Å². The largest absolute Gasteiger partial charge is 0.494 e. The van der Waals surface area contributed by atoms with Crippen molar-refractivity contribution < 1.29 is 41.5 Å². The molecule has 0 bridgehead atoms. The minimum absolute atomic E-state index is 0.0258. The zero-order valence-corrected chi connectivity index (χ0v) is 21.6. The van der Waals surface area contributed by atoms with Crippen molar-refractivity contribution in [3.63, 3.8) is 0 Å². The Balaban J connectivity index is 1.41. The van der Waals surface area contributed by atoms with E-state index in [4.69, 9.17) is 19.7 Å². The molecule has 13 heteroatoms. The Morgan fingerprint density at radius 3 is 2.61 bits per heavy atom. The molecule has 2 aromatic heterocycles. The normalized spacial score (nSPS) is 19.9. The van der Waals surface area contributed by atoms with Crippen LogP contribution in [0.4, 0.5) is 17.6 Å². The predicted molar refractivity (Wildman–Crippen MR) is 137 cm³/mol. The summed E-state index contributed by atoms with van der Waals surface area (Å²) in [7, 11) is 1.41. The number of pyridine rings is 1. The van der Waals surface area contributed by atoms with Gasteiger partial charge in [-0.3, -0.25) is 4.79 Å². The first-order valence-electron chi connectivity index (χ1n) is 12.7. The zero-order chi connectivity index (χ0) is 29.2. The smallest absolute Gasteiger partial charge is 0.414 e. The molecule has 9 nitrogen and oxygen atoms in total. The van der Waals surface area contributed by atoms with Crippen LogP contribution in [-0.4, -0.2) is 47.6 Å². The van der Waals surface area contributed by atoms with Crippen LogP contribution in [0.25, 0.3) is 22.2 Å². The van der Waals surface area contributed by atoms with E-state index in [1.807, 2.05) is 0 Å². The summed E-state index contributed by atoms with van der Waals surface area (Å²) in [6.45, 7) is -1.25. The molecule has 214 valence electrons. The molecule has 1 fully saturated rings. The van der Waals surface area contributed by atoms with Gasteiger partial charge in [-0.15, -0.1) is 0 Å². The number of hydrogen-bond donors (Lipinski definition) is 3. The Labute approximate surface area is 230 Å². The van der Waals surface area contributed by atoms with Crippen molar-refractivity contribution in [2.75, 3.05) is 20.3 Å². The van der Waals surface area contributed by atoms with Crippen LogP contribution in [0.1, 0.15) is 34.5 Å². The molecule has 4 aromatic rings. The average molecular weight is 573 g/mol. The molecule has 4 N–H and O–H groups in total. The van der Waals surface area contributed by atoms with Crippen LogP contribution in [0.3, 0.4) is 0 Å². The number of hydrogen-bond acceptors (Lipinski definition) is 8. The number of aliphatic hydroxyl groups is 1. The second-order valence-electron chi connectivity index (χ2n) is 10.3. The molecule has 1 unspecified atom stereocenters. The van der Waals surface area contributed by atoms with E-state index in [9.17, 15) is 27.5 Å². The van der Waals surface area contributed by atoms with Gasteiger partial charge in [-0.25, -0.2) is 9.37 Å². The van der Waals surface area contributed by atoms with Gasteiger partial charge in [0.1, 0.15) is 35.7 Å². The van der Waals surface area contributed by atoms with E-state index in [2.05, 4.69) is 15.5 Å². The van der Waals surface area contributed by atoms with Gasteiger partial charge in [0.2, 0.25) is 0 Å². The van der Waals surface area contributed by atoms with E-state index in [1.165, 1.54) is 37.6 Å². The molecule has 2 aromatic carbocycles. The van der Waals surface area contributed by atoms with Crippen LogP contribution in [0, 0.1) is 11.7 Å². The molecule has 6 rings (SSSR count). The zero-order valence-electron chi connectivity index (χ0n) is 21.6. The third-order valence-corrected chi connectivity index (χ3v) is 7.65. The molecule has 2 aliphatic rings. The molecule has 1 aliphatic carbocycles. The number of nitrogens with zero attached hydrogens (tertiary/aromatic N) is 2. The number of carbonyl (C=O) groups is 1. The lowest BCUT2D eigenvalue weighted by molar-refractivity contribution is -0.191. The summed E-state index contributed by atoms with van der Waals surface area (Å²) in [4.78, 5) is 17.7. The lowest BCUT2D eigenvalue weighted by atomic mass is 9.86. The monoisotopic (exact) mass is 572 g/mol. The Hall–Kier alpha value is -4.23. The van der Waals surface area contributed by atoms with Gasteiger partial charge in [0, 0.05) is 22.1 Å². The van der Waals surface area contributed by atoms with Crippen molar-refractivity contribution in [1.29, 1.82) is 0 Å². The van der Waals surface area contributed by atoms with Crippen molar-refractivity contribution >= 4 is 16.8 Å². The van der Waals surface area contributed by atoms with Gasteiger partial charge < -0.3 is 30.2 Å². The fraction of sp³-hybridized carbons (Fsp3) is 0.321. The predicted octanol–water partition coefficient (Wildman–Crippen LogP) is 4.17. The Morgan fingerprint density at radius 1 is 1.22 bits per heavy atom. The minimum Gasteiger partial charge on any atom is -0.494 e. The molecule has 0 spiro atoms. The number of fused-ring (bicyclic) bond motifs is 2. The van der Waals surface area contributed by atoms with E-state index in [1.54, 1.807) is 0 Å². The van der Waals surface area contributed by atoms with E-state index >= 15 is 0 Å². The number of carbonyl (C=O) groups excluding carboxylic acids is 1. The summed E-state index contributed by atoms with van der Waals surface area (Å²) in [5.41, 5.74) is 1.50. The molecular weight excluding hydrogens is 548 g/mol. The summed E-state index contributed by atoms with van der Waals surface area (Å²) in [6, 6.07) is 9.06. The maximum Gasteiger partial charge on any atom is 0.414 e. The van der Waals surface area contributed by atoms with E-state index in [0.717, 1.165) is 18.2 Å². The fourth-order valence-electron chi connectivity index (χ4n) is 5.10. The van der Waals surface area contributed by atoms with Gasteiger partial charge in [0.05, 0.1) is 19.3 Å². The number of nitrogens with two attached hydrogens (primary N) is 1. The number of halogens is 4. The molecule has 1 aliphatic heterocycles. The number of ether oxygens (including phenoxy) is 2. The second kappa shape index (κ2) is 9.42. The van der Waals surface area contributed by atoms with Gasteiger partial charge in [0.15, 0.2) is 16.8 Å². The molecule has 1 saturated carbocycles. The highest BCUT2D eigenvalue weighted by Crippen LogP contribution is 2.52. The van der Waals surface area contributed by atoms with Crippen LogP contribution in [0.15, 0.2) is 53.3 Å². The third-order valence-electron chi connectivity index (χ3n) is 7.65. The van der Waals surface area contributed by atoms with E-state index in [-0.39, 0.29) is 34.8 Å². The number of benzene rings is 2. The summed E-state index contributed by atoms with van der Waals surface area (Å²) >= 11 is 0. The van der Waals surface area contributed by atoms with E-state index in [0.29, 0.717) is 29.5 Å². The van der Waals surface area contributed by atoms with Crippen LogP contribution in [0.5, 0.6) is 11.5 Å². The molecule has 3 heterocycles. The number of methoxy groups -OCH3 is 1. The van der Waals surface area contributed by atoms with Gasteiger partial charge in [-0.05, 0) is 61.2 Å². The first-order valence-corrected chi connectivity index (χ1v) is 12.7. The minimum atomic E-state index is -4.89. The quantitative estimate of drug-likeness (QED) is 0.281. The van der Waals surface area contributed by atoms with E-state index < -0.39 is 47.1 Å². The van der Waals surface area contributed by atoms with Gasteiger partial charge in [0.25, 0.3) is 5.91 Å².